The minimum atomic E-state index is -0.309. The highest BCUT2D eigenvalue weighted by Gasteiger charge is 2.07. The molecule has 1 aliphatic carbocycles. The Morgan fingerprint density at radius 2 is 2.20 bits per heavy atom. The lowest BCUT2D eigenvalue weighted by Crippen LogP contribution is -2.14. The van der Waals surface area contributed by atoms with Gasteiger partial charge in [0.15, 0.2) is 0 Å². The zero-order chi connectivity index (χ0) is 7.56. The maximum Gasteiger partial charge on any atom is 0.244 e. The van der Waals surface area contributed by atoms with Crippen molar-refractivity contribution < 1.29 is 4.79 Å². The highest BCUT2D eigenvalue weighted by Crippen LogP contribution is 2.21. The lowest BCUT2D eigenvalue weighted by Gasteiger charge is -2.06. The molecule has 0 aromatic heterocycles. The molecule has 0 bridgehead atoms. The van der Waals surface area contributed by atoms with Crippen LogP contribution in [-0.4, -0.2) is 5.91 Å². The number of hydrogen-bond acceptors (Lipinski definition) is 1. The molecule has 0 fully saturated rings. The van der Waals surface area contributed by atoms with E-state index in [4.69, 9.17) is 5.73 Å². The number of carbonyl (C=O) groups is 1. The van der Waals surface area contributed by atoms with Crippen molar-refractivity contribution in [3.05, 3.63) is 22.2 Å². The van der Waals surface area contributed by atoms with Gasteiger partial charge in [0.25, 0.3) is 0 Å². The first-order valence-corrected chi connectivity index (χ1v) is 3.84. The van der Waals surface area contributed by atoms with Crippen LogP contribution < -0.4 is 5.73 Å². The predicted octanol–water partition coefficient (Wildman–Crippen LogP) is 1.47. The summed E-state index contributed by atoms with van der Waals surface area (Å²) in [5.41, 5.74) is 5.77. The van der Waals surface area contributed by atoms with Crippen molar-refractivity contribution in [2.24, 2.45) is 5.73 Å². The number of halogens is 1. The van der Waals surface area contributed by atoms with Gasteiger partial charge in [-0.05, 0) is 17.3 Å². The summed E-state index contributed by atoms with van der Waals surface area (Å²) in [7, 11) is 0. The molecule has 0 spiro atoms. The van der Waals surface area contributed by atoms with Gasteiger partial charge in [0, 0.05) is 5.57 Å². The van der Waals surface area contributed by atoms with E-state index in [1.165, 1.54) is 0 Å². The summed E-state index contributed by atoms with van der Waals surface area (Å²) < 4.78 is 1.12. The second-order valence-corrected chi connectivity index (χ2v) is 3.19. The molecule has 0 saturated heterocycles. The summed E-state index contributed by atoms with van der Waals surface area (Å²) in [6.07, 6.45) is 5.26. The Morgan fingerprint density at radius 1 is 1.50 bits per heavy atom. The van der Waals surface area contributed by atoms with Crippen molar-refractivity contribution in [2.75, 3.05) is 0 Å². The summed E-state index contributed by atoms with van der Waals surface area (Å²) >= 11 is 3.33. The molecule has 3 heteroatoms. The zero-order valence-corrected chi connectivity index (χ0v) is 7.02. The Labute approximate surface area is 67.9 Å². The normalized spacial score (nSPS) is 17.7. The minimum absolute atomic E-state index is 0.309. The minimum Gasteiger partial charge on any atom is -0.366 e. The Bertz CT molecular complexity index is 218. The highest BCUT2D eigenvalue weighted by molar-refractivity contribution is 9.11. The van der Waals surface area contributed by atoms with Crippen LogP contribution in [0.2, 0.25) is 0 Å². The van der Waals surface area contributed by atoms with Crippen LogP contribution in [-0.2, 0) is 4.79 Å². The van der Waals surface area contributed by atoms with Gasteiger partial charge < -0.3 is 5.73 Å². The Hall–Kier alpha value is -0.570. The van der Waals surface area contributed by atoms with Gasteiger partial charge in [-0.15, -0.1) is 0 Å². The van der Waals surface area contributed by atoms with E-state index in [1.54, 1.807) is 6.08 Å². The van der Waals surface area contributed by atoms with Gasteiger partial charge in [0.2, 0.25) is 5.91 Å². The molecule has 0 unspecified atom stereocenters. The van der Waals surface area contributed by atoms with Crippen molar-refractivity contribution in [1.82, 2.24) is 0 Å². The van der Waals surface area contributed by atoms with Gasteiger partial charge in [-0.25, -0.2) is 0 Å². The fourth-order valence-corrected chi connectivity index (χ4v) is 1.15. The molecule has 1 amide bonds. The van der Waals surface area contributed by atoms with E-state index in [0.717, 1.165) is 17.3 Å². The number of primary amides is 1. The smallest absolute Gasteiger partial charge is 0.244 e. The molecular weight excluding hydrogens is 194 g/mol. The third kappa shape index (κ3) is 1.70. The molecule has 2 nitrogen and oxygen atoms in total. The molecule has 10 heavy (non-hydrogen) atoms. The van der Waals surface area contributed by atoms with Crippen LogP contribution in [0.5, 0.6) is 0 Å². The van der Waals surface area contributed by atoms with E-state index >= 15 is 0 Å². The quantitative estimate of drug-likeness (QED) is 0.687. The highest BCUT2D eigenvalue weighted by atomic mass is 79.9. The fraction of sp³-hybridized carbons (Fsp3) is 0.286. The molecule has 0 heterocycles. The van der Waals surface area contributed by atoms with E-state index in [2.05, 4.69) is 15.9 Å². The molecule has 0 aromatic carbocycles. The molecule has 0 saturated carbocycles. The Balaban J connectivity index is 2.74. The van der Waals surface area contributed by atoms with Crippen LogP contribution in [0, 0.1) is 0 Å². The first kappa shape index (κ1) is 7.54. The number of hydrogen-bond donors (Lipinski definition) is 1. The number of allylic oxidation sites excluding steroid dienone is 3. The Kier molecular flexibility index (Phi) is 2.27. The lowest BCUT2D eigenvalue weighted by molar-refractivity contribution is -0.114. The van der Waals surface area contributed by atoms with Crippen molar-refractivity contribution in [3.8, 4) is 0 Å². The van der Waals surface area contributed by atoms with E-state index in [9.17, 15) is 4.79 Å². The van der Waals surface area contributed by atoms with Crippen LogP contribution in [0.4, 0.5) is 0 Å². The van der Waals surface area contributed by atoms with E-state index in [1.807, 2.05) is 6.08 Å². The summed E-state index contributed by atoms with van der Waals surface area (Å²) in [6, 6.07) is 0. The van der Waals surface area contributed by atoms with Crippen LogP contribution in [0.25, 0.3) is 0 Å². The summed E-state index contributed by atoms with van der Waals surface area (Å²) in [4.78, 5) is 10.6. The van der Waals surface area contributed by atoms with Crippen LogP contribution in [0.1, 0.15) is 12.8 Å². The van der Waals surface area contributed by atoms with Gasteiger partial charge in [-0.3, -0.25) is 4.79 Å². The Morgan fingerprint density at radius 3 is 2.60 bits per heavy atom. The molecule has 1 aliphatic rings. The predicted molar refractivity (Wildman–Crippen MR) is 43.5 cm³/mol. The average molecular weight is 202 g/mol. The molecule has 2 N–H and O–H groups in total. The number of rotatable bonds is 1. The monoisotopic (exact) mass is 201 g/mol. The molecule has 0 radical (unpaired) electrons. The SMILES string of the molecule is NC(=O)C1=CC=C(Br)CC1. The van der Waals surface area contributed by atoms with Gasteiger partial charge in [0.05, 0.1) is 0 Å². The van der Waals surface area contributed by atoms with Crippen molar-refractivity contribution in [2.45, 2.75) is 12.8 Å². The van der Waals surface area contributed by atoms with Gasteiger partial charge in [-0.2, -0.15) is 0 Å². The molecule has 0 aromatic rings. The van der Waals surface area contributed by atoms with E-state index in [-0.39, 0.29) is 5.91 Å². The molecular formula is C7H8BrNO. The van der Waals surface area contributed by atoms with Gasteiger partial charge >= 0.3 is 0 Å². The number of amides is 1. The lowest BCUT2D eigenvalue weighted by atomic mass is 10.1. The third-order valence-electron chi connectivity index (χ3n) is 1.42. The fourth-order valence-electron chi connectivity index (χ4n) is 0.817. The summed E-state index contributed by atoms with van der Waals surface area (Å²) in [5, 5.41) is 0. The van der Waals surface area contributed by atoms with Gasteiger partial charge in [0.1, 0.15) is 0 Å². The standard InChI is InChI=1S/C7H8BrNO/c8-6-3-1-5(2-4-6)7(9)10/h1,3H,2,4H2,(H2,9,10). The first-order chi connectivity index (χ1) is 4.70. The first-order valence-electron chi connectivity index (χ1n) is 3.05. The maximum absolute atomic E-state index is 10.6. The molecule has 1 rings (SSSR count). The largest absolute Gasteiger partial charge is 0.366 e. The van der Waals surface area contributed by atoms with Crippen LogP contribution in [0.15, 0.2) is 22.2 Å². The molecule has 54 valence electrons. The summed E-state index contributed by atoms with van der Waals surface area (Å²) in [6.45, 7) is 0. The second kappa shape index (κ2) is 3.01. The van der Waals surface area contributed by atoms with E-state index < -0.39 is 0 Å². The number of carbonyl (C=O) groups excluding carboxylic acids is 1. The van der Waals surface area contributed by atoms with E-state index in [0.29, 0.717) is 5.57 Å². The number of nitrogens with two attached hydrogens (primary N) is 1. The summed E-state index contributed by atoms with van der Waals surface area (Å²) in [5.74, 6) is -0.309. The third-order valence-corrected chi connectivity index (χ3v) is 2.08. The van der Waals surface area contributed by atoms with Crippen LogP contribution in [0.3, 0.4) is 0 Å². The van der Waals surface area contributed by atoms with Crippen molar-refractivity contribution >= 4 is 21.8 Å². The van der Waals surface area contributed by atoms with Crippen molar-refractivity contribution in [1.29, 1.82) is 0 Å². The van der Waals surface area contributed by atoms with Crippen molar-refractivity contribution in [3.63, 3.8) is 0 Å². The zero-order valence-electron chi connectivity index (χ0n) is 5.43. The van der Waals surface area contributed by atoms with Crippen LogP contribution >= 0.6 is 15.9 Å². The maximum atomic E-state index is 10.6. The van der Waals surface area contributed by atoms with Gasteiger partial charge in [-0.1, -0.05) is 28.1 Å². The second-order valence-electron chi connectivity index (χ2n) is 2.17. The topological polar surface area (TPSA) is 43.1 Å². The molecule has 0 atom stereocenters. The molecule has 0 aliphatic heterocycles. The average Bonchev–Trinajstić information content (AvgIpc) is 1.88.